The van der Waals surface area contributed by atoms with E-state index in [1.165, 1.54) is 5.56 Å². The van der Waals surface area contributed by atoms with Crippen LogP contribution in [0.1, 0.15) is 26.3 Å². The molecule has 0 spiro atoms. The Balaban J connectivity index is 1.93. The fourth-order valence-corrected chi connectivity index (χ4v) is 2.41. The molecule has 0 fully saturated rings. The van der Waals surface area contributed by atoms with Crippen molar-refractivity contribution in [3.63, 3.8) is 0 Å². The molecule has 0 saturated carbocycles. The maximum Gasteiger partial charge on any atom is 0.315 e. The van der Waals surface area contributed by atoms with Gasteiger partial charge in [0.1, 0.15) is 6.04 Å². The molecule has 114 valence electrons. The highest BCUT2D eigenvalue weighted by Crippen LogP contribution is 2.27. The summed E-state index contributed by atoms with van der Waals surface area (Å²) in [5.74, 6) is 0.312. The molecule has 1 aliphatic heterocycles. The van der Waals surface area contributed by atoms with Crippen LogP contribution in [0.4, 0.5) is 10.5 Å². The molecule has 2 N–H and O–H groups in total. The van der Waals surface area contributed by atoms with Crippen LogP contribution >= 0.6 is 0 Å². The van der Waals surface area contributed by atoms with Crippen LogP contribution in [0.3, 0.4) is 0 Å². The Morgan fingerprint density at radius 1 is 1.24 bits per heavy atom. The lowest BCUT2D eigenvalue weighted by Gasteiger charge is -2.22. The molecule has 21 heavy (non-hydrogen) atoms. The number of anilines is 1. The Morgan fingerprint density at radius 2 is 1.95 bits per heavy atom. The second-order valence-corrected chi connectivity index (χ2v) is 5.84. The fraction of sp³-hybridized carbons (Fsp3) is 0.500. The van der Waals surface area contributed by atoms with Crippen LogP contribution in [0.5, 0.6) is 0 Å². The summed E-state index contributed by atoms with van der Waals surface area (Å²) in [6.45, 7) is 7.04. The van der Waals surface area contributed by atoms with Crippen LogP contribution in [0, 0.1) is 5.92 Å². The number of nitrogens with zero attached hydrogens (tertiary/aromatic N) is 1. The van der Waals surface area contributed by atoms with Crippen LogP contribution < -0.4 is 15.5 Å². The van der Waals surface area contributed by atoms with Gasteiger partial charge in [-0.25, -0.2) is 4.79 Å². The van der Waals surface area contributed by atoms with Gasteiger partial charge in [-0.2, -0.15) is 0 Å². The van der Waals surface area contributed by atoms with Crippen molar-refractivity contribution < 1.29 is 9.59 Å². The highest BCUT2D eigenvalue weighted by Gasteiger charge is 2.28. The lowest BCUT2D eigenvalue weighted by molar-refractivity contribution is -0.119. The summed E-state index contributed by atoms with van der Waals surface area (Å²) in [5, 5.41) is 5.46. The number of nitrogens with one attached hydrogen (secondary N) is 2. The number of carbonyl (C=O) groups excluding carboxylic acids is 2. The molecule has 0 bridgehead atoms. The SMILES string of the molecule is CC(C)CNC(=O)NC(C)C(=O)N1CCc2ccccc21. The number of rotatable bonds is 4. The minimum atomic E-state index is -0.539. The zero-order valence-corrected chi connectivity index (χ0v) is 12.8. The Labute approximate surface area is 125 Å². The number of fused-ring (bicyclic) bond motifs is 1. The zero-order chi connectivity index (χ0) is 15.4. The van der Waals surface area contributed by atoms with E-state index in [1.54, 1.807) is 11.8 Å². The quantitative estimate of drug-likeness (QED) is 0.889. The van der Waals surface area contributed by atoms with Crippen molar-refractivity contribution in [3.8, 4) is 0 Å². The van der Waals surface area contributed by atoms with Gasteiger partial charge < -0.3 is 15.5 Å². The first-order valence-corrected chi connectivity index (χ1v) is 7.42. The summed E-state index contributed by atoms with van der Waals surface area (Å²) >= 11 is 0. The van der Waals surface area contributed by atoms with Crippen molar-refractivity contribution in [3.05, 3.63) is 29.8 Å². The van der Waals surface area contributed by atoms with Crippen molar-refractivity contribution in [2.75, 3.05) is 18.0 Å². The third-order valence-electron chi connectivity index (χ3n) is 3.54. The predicted molar refractivity (Wildman–Crippen MR) is 83.3 cm³/mol. The average molecular weight is 289 g/mol. The third-order valence-corrected chi connectivity index (χ3v) is 3.54. The van der Waals surface area contributed by atoms with E-state index >= 15 is 0 Å². The highest BCUT2D eigenvalue weighted by atomic mass is 16.2. The number of hydrogen-bond donors (Lipinski definition) is 2. The van der Waals surface area contributed by atoms with Crippen molar-refractivity contribution in [1.82, 2.24) is 10.6 Å². The maximum atomic E-state index is 12.5. The van der Waals surface area contributed by atoms with Gasteiger partial charge in [0.05, 0.1) is 0 Å². The van der Waals surface area contributed by atoms with E-state index in [2.05, 4.69) is 10.6 Å². The number of amides is 3. The number of benzene rings is 1. The first kappa shape index (κ1) is 15.4. The van der Waals surface area contributed by atoms with Crippen molar-refractivity contribution >= 4 is 17.6 Å². The molecule has 1 aromatic rings. The second-order valence-electron chi connectivity index (χ2n) is 5.84. The average Bonchev–Trinajstić information content (AvgIpc) is 2.88. The van der Waals surface area contributed by atoms with E-state index in [0.29, 0.717) is 19.0 Å². The van der Waals surface area contributed by atoms with E-state index < -0.39 is 6.04 Å². The lowest BCUT2D eigenvalue weighted by atomic mass is 10.2. The molecule has 0 radical (unpaired) electrons. The molecule has 0 aromatic heterocycles. The fourth-order valence-electron chi connectivity index (χ4n) is 2.41. The van der Waals surface area contributed by atoms with Gasteiger partial charge in [0.15, 0.2) is 0 Å². The number of hydrogen-bond acceptors (Lipinski definition) is 2. The van der Waals surface area contributed by atoms with Crippen LogP contribution in [0.2, 0.25) is 0 Å². The molecule has 1 atom stereocenters. The van der Waals surface area contributed by atoms with Crippen LogP contribution in [0.25, 0.3) is 0 Å². The maximum absolute atomic E-state index is 12.5. The topological polar surface area (TPSA) is 61.4 Å². The Bertz CT molecular complexity index is 528. The van der Waals surface area contributed by atoms with Gasteiger partial charge in [0.25, 0.3) is 0 Å². The summed E-state index contributed by atoms with van der Waals surface area (Å²) < 4.78 is 0. The van der Waals surface area contributed by atoms with Gasteiger partial charge in [-0.3, -0.25) is 4.79 Å². The summed E-state index contributed by atoms with van der Waals surface area (Å²) in [6, 6.07) is 7.06. The first-order chi connectivity index (χ1) is 9.99. The normalized spacial score (nSPS) is 14.8. The Kier molecular flexibility index (Phi) is 4.83. The van der Waals surface area contributed by atoms with Crippen molar-refractivity contribution in [1.29, 1.82) is 0 Å². The largest absolute Gasteiger partial charge is 0.338 e. The minimum absolute atomic E-state index is 0.0698. The summed E-state index contributed by atoms with van der Waals surface area (Å²) in [4.78, 5) is 25.9. The van der Waals surface area contributed by atoms with E-state index in [-0.39, 0.29) is 11.9 Å². The molecule has 3 amide bonds. The number of urea groups is 1. The molecule has 5 nitrogen and oxygen atoms in total. The van der Waals surface area contributed by atoms with Gasteiger partial charge in [0.2, 0.25) is 5.91 Å². The summed E-state index contributed by atoms with van der Waals surface area (Å²) in [5.41, 5.74) is 2.14. The summed E-state index contributed by atoms with van der Waals surface area (Å²) in [6.07, 6.45) is 0.869. The Morgan fingerprint density at radius 3 is 2.67 bits per heavy atom. The molecule has 0 aliphatic carbocycles. The third kappa shape index (κ3) is 3.74. The molecule has 1 aliphatic rings. The number of para-hydroxylation sites is 1. The monoisotopic (exact) mass is 289 g/mol. The lowest BCUT2D eigenvalue weighted by Crippen LogP contribution is -2.50. The van der Waals surface area contributed by atoms with E-state index in [9.17, 15) is 9.59 Å². The standard InChI is InChI=1S/C16H23N3O2/c1-11(2)10-17-16(21)18-12(3)15(20)19-9-8-13-6-4-5-7-14(13)19/h4-7,11-12H,8-10H2,1-3H3,(H2,17,18,21). The van der Waals surface area contributed by atoms with Crippen molar-refractivity contribution in [2.45, 2.75) is 33.2 Å². The van der Waals surface area contributed by atoms with Crippen LogP contribution in [0.15, 0.2) is 24.3 Å². The molecule has 1 unspecified atom stereocenters. The van der Waals surface area contributed by atoms with E-state index in [4.69, 9.17) is 0 Å². The van der Waals surface area contributed by atoms with Crippen LogP contribution in [-0.4, -0.2) is 31.1 Å². The molecular formula is C16H23N3O2. The molecule has 2 rings (SSSR count). The molecule has 5 heteroatoms. The van der Waals surface area contributed by atoms with Gasteiger partial charge in [-0.15, -0.1) is 0 Å². The van der Waals surface area contributed by atoms with Crippen molar-refractivity contribution in [2.24, 2.45) is 5.92 Å². The van der Waals surface area contributed by atoms with E-state index in [0.717, 1.165) is 12.1 Å². The van der Waals surface area contributed by atoms with Gasteiger partial charge >= 0.3 is 6.03 Å². The smallest absolute Gasteiger partial charge is 0.315 e. The molecule has 1 heterocycles. The number of carbonyl (C=O) groups is 2. The molecular weight excluding hydrogens is 266 g/mol. The molecule has 0 saturated heterocycles. The van der Waals surface area contributed by atoms with E-state index in [1.807, 2.05) is 38.1 Å². The van der Waals surface area contributed by atoms with Crippen LogP contribution in [-0.2, 0) is 11.2 Å². The minimum Gasteiger partial charge on any atom is -0.338 e. The highest BCUT2D eigenvalue weighted by molar-refractivity contribution is 6.00. The summed E-state index contributed by atoms with van der Waals surface area (Å²) in [7, 11) is 0. The Hall–Kier alpha value is -2.04. The molecule has 1 aromatic carbocycles. The predicted octanol–water partition coefficient (Wildman–Crippen LogP) is 1.92. The van der Waals surface area contributed by atoms with Gasteiger partial charge in [-0.1, -0.05) is 32.0 Å². The second kappa shape index (κ2) is 6.61. The van der Waals surface area contributed by atoms with Gasteiger partial charge in [0, 0.05) is 18.8 Å². The first-order valence-electron chi connectivity index (χ1n) is 7.42. The zero-order valence-electron chi connectivity index (χ0n) is 12.8. The van der Waals surface area contributed by atoms with Gasteiger partial charge in [-0.05, 0) is 30.9 Å².